The molecule has 1 aliphatic heterocycles. The molecular formula is C64H53N4OPtS-3. The minimum Gasteiger partial charge on any atom is -0.509 e. The number of benzene rings is 8. The van der Waals surface area contributed by atoms with Crippen LogP contribution in [0.25, 0.3) is 70.0 Å². The van der Waals surface area contributed by atoms with Crippen molar-refractivity contribution in [1.82, 2.24) is 9.55 Å². The quantitative estimate of drug-likeness (QED) is 0.149. The first-order valence-electron chi connectivity index (χ1n) is 24.1. The van der Waals surface area contributed by atoms with E-state index in [9.17, 15) is 0 Å². The molecule has 0 bridgehead atoms. The van der Waals surface area contributed by atoms with Gasteiger partial charge in [0.25, 0.3) is 0 Å². The van der Waals surface area contributed by atoms with Crippen molar-refractivity contribution in [2.75, 3.05) is 9.80 Å². The SMILES string of the molecule is Cc1cc(C)c(-c2cccc(-c3c(C)cc(C)cc3C)c2N2[CH-]N(c3[c-]c(Oc4[c-]c5c(cc4)c4c6sc7ccccc7c6ccc4n5-c4cc(C(C)(C)C)ccn4)ccc3)c3ccccc32)c(C)c1.[Pt]. The van der Waals surface area contributed by atoms with Crippen molar-refractivity contribution in [3.63, 3.8) is 0 Å². The number of hydrogen-bond donors (Lipinski definition) is 0. The number of anilines is 4. The second-order valence-electron chi connectivity index (χ2n) is 20.1. The van der Waals surface area contributed by atoms with Crippen LogP contribution in [0.2, 0.25) is 0 Å². The van der Waals surface area contributed by atoms with E-state index in [0.717, 1.165) is 45.0 Å². The molecule has 4 heterocycles. The predicted molar refractivity (Wildman–Crippen MR) is 295 cm³/mol. The molecule has 7 heteroatoms. The number of para-hydroxylation sites is 3. The van der Waals surface area contributed by atoms with Crippen molar-refractivity contribution in [3.8, 4) is 39.6 Å². The molecule has 5 nitrogen and oxygen atoms in total. The number of hydrogen-bond acceptors (Lipinski definition) is 5. The summed E-state index contributed by atoms with van der Waals surface area (Å²) in [7, 11) is 0. The summed E-state index contributed by atoms with van der Waals surface area (Å²) >= 11 is 1.84. The first kappa shape index (κ1) is 46.4. The van der Waals surface area contributed by atoms with Crippen LogP contribution in [-0.4, -0.2) is 9.55 Å². The van der Waals surface area contributed by atoms with Gasteiger partial charge in [-0.3, -0.25) is 0 Å². The van der Waals surface area contributed by atoms with Crippen LogP contribution in [-0.2, 0) is 26.5 Å². The van der Waals surface area contributed by atoms with E-state index < -0.39 is 0 Å². The summed E-state index contributed by atoms with van der Waals surface area (Å²) in [4.78, 5) is 9.61. The molecule has 0 unspecified atom stereocenters. The van der Waals surface area contributed by atoms with Gasteiger partial charge in [-0.1, -0.05) is 116 Å². The maximum Gasteiger partial charge on any atom is 0.135 e. The van der Waals surface area contributed by atoms with Gasteiger partial charge in [-0.2, -0.15) is 12.1 Å². The summed E-state index contributed by atoms with van der Waals surface area (Å²) in [5, 5.41) is 4.84. The number of aryl methyl sites for hydroxylation is 6. The van der Waals surface area contributed by atoms with E-state index in [1.807, 2.05) is 35.7 Å². The van der Waals surface area contributed by atoms with Crippen LogP contribution in [0.4, 0.5) is 22.7 Å². The molecule has 0 spiro atoms. The Balaban J connectivity index is 0.00000547. The average molecular weight is 1120 g/mol. The van der Waals surface area contributed by atoms with E-state index in [-0.39, 0.29) is 26.5 Å². The molecule has 12 rings (SSSR count). The summed E-state index contributed by atoms with van der Waals surface area (Å²) in [6.45, 7) is 22.3. The van der Waals surface area contributed by atoms with Crippen LogP contribution in [0.3, 0.4) is 0 Å². The van der Waals surface area contributed by atoms with Crippen LogP contribution in [0.5, 0.6) is 11.5 Å². The largest absolute Gasteiger partial charge is 0.509 e. The van der Waals surface area contributed by atoms with Gasteiger partial charge in [0.1, 0.15) is 5.82 Å². The number of rotatable bonds is 7. The average Bonchev–Trinajstić information content (AvgIpc) is 4.01. The molecule has 71 heavy (non-hydrogen) atoms. The molecule has 1 aliphatic rings. The topological polar surface area (TPSA) is 33.5 Å². The molecule has 3 aromatic heterocycles. The summed E-state index contributed by atoms with van der Waals surface area (Å²) < 4.78 is 11.6. The van der Waals surface area contributed by atoms with Crippen molar-refractivity contribution in [1.29, 1.82) is 0 Å². The van der Waals surface area contributed by atoms with Gasteiger partial charge in [-0.05, 0) is 128 Å². The van der Waals surface area contributed by atoms with Crippen LogP contribution in [0.1, 0.15) is 59.7 Å². The Labute approximate surface area is 435 Å². The molecule has 0 radical (unpaired) electrons. The summed E-state index contributed by atoms with van der Waals surface area (Å²) in [5.41, 5.74) is 19.8. The van der Waals surface area contributed by atoms with Crippen molar-refractivity contribution in [3.05, 3.63) is 210 Å². The van der Waals surface area contributed by atoms with Gasteiger partial charge >= 0.3 is 0 Å². The van der Waals surface area contributed by atoms with Crippen LogP contribution in [0.15, 0.2) is 152 Å². The number of thiophene rings is 1. The van der Waals surface area contributed by atoms with Gasteiger partial charge in [-0.25, -0.2) is 4.98 Å². The van der Waals surface area contributed by atoms with Gasteiger partial charge in [0.05, 0.1) is 0 Å². The fourth-order valence-corrected chi connectivity index (χ4v) is 12.4. The fraction of sp³-hybridized carbons (Fsp3) is 0.156. The maximum absolute atomic E-state index is 6.82. The van der Waals surface area contributed by atoms with Crippen molar-refractivity contribution in [2.45, 2.75) is 67.7 Å². The van der Waals surface area contributed by atoms with Crippen LogP contribution in [0, 0.1) is 60.3 Å². The number of aromatic nitrogens is 2. The normalized spacial score (nSPS) is 12.6. The third-order valence-corrected chi connectivity index (χ3v) is 15.2. The van der Waals surface area contributed by atoms with E-state index in [4.69, 9.17) is 9.72 Å². The second-order valence-corrected chi connectivity index (χ2v) is 21.2. The van der Waals surface area contributed by atoms with E-state index in [0.29, 0.717) is 11.5 Å². The number of pyridine rings is 1. The molecule has 0 saturated heterocycles. The van der Waals surface area contributed by atoms with E-state index in [1.54, 1.807) is 0 Å². The molecular weight excluding hydrogens is 1070 g/mol. The fourth-order valence-electron chi connectivity index (χ4n) is 11.1. The van der Waals surface area contributed by atoms with E-state index >= 15 is 0 Å². The van der Waals surface area contributed by atoms with Crippen LogP contribution >= 0.6 is 11.3 Å². The zero-order valence-electron chi connectivity index (χ0n) is 41.4. The molecule has 8 aromatic carbocycles. The molecule has 0 amide bonds. The standard InChI is InChI=1S/C64H53N4OS.Pt/c1-38-30-40(3)59(41(4)31-38)51-19-15-20-52(60-42(5)32-39(2)33-43(60)6)62(51)67-37-66(53-21-11-12-22-54(53)67)45-16-14-17-46(35-45)69-47-24-25-50-56(36-47)68(58-34-44(28-29-65-58)64(7,8)9)55-27-26-49-48-18-10-13-23-57(48)70-63(49)61(50)55;/h10-34,37H,1-9H3;/q-3;. The minimum absolute atomic E-state index is 0. The van der Waals surface area contributed by atoms with E-state index in [1.165, 1.54) is 86.8 Å². The first-order chi connectivity index (χ1) is 33.8. The van der Waals surface area contributed by atoms with Gasteiger partial charge in [0, 0.05) is 92.6 Å². The molecule has 0 N–H and O–H groups in total. The summed E-state index contributed by atoms with van der Waals surface area (Å²) in [5.74, 6) is 2.05. The number of fused-ring (bicyclic) bond motifs is 8. The Morgan fingerprint density at radius 2 is 1.18 bits per heavy atom. The molecule has 0 atom stereocenters. The van der Waals surface area contributed by atoms with E-state index in [2.05, 4.69) is 223 Å². The van der Waals surface area contributed by atoms with Crippen molar-refractivity contribution < 1.29 is 25.8 Å². The molecule has 354 valence electrons. The maximum atomic E-state index is 6.82. The Morgan fingerprint density at radius 3 is 1.86 bits per heavy atom. The second kappa shape index (κ2) is 17.7. The Hall–Kier alpha value is -6.98. The van der Waals surface area contributed by atoms with Gasteiger partial charge in [0.2, 0.25) is 0 Å². The Kier molecular flexibility index (Phi) is 11.6. The third kappa shape index (κ3) is 7.84. The zero-order chi connectivity index (χ0) is 48.2. The van der Waals surface area contributed by atoms with Crippen LogP contribution < -0.4 is 14.5 Å². The Morgan fingerprint density at radius 1 is 0.577 bits per heavy atom. The smallest absolute Gasteiger partial charge is 0.135 e. The van der Waals surface area contributed by atoms with Crippen molar-refractivity contribution in [2.24, 2.45) is 0 Å². The van der Waals surface area contributed by atoms with Crippen molar-refractivity contribution >= 4 is 76.1 Å². The molecule has 0 saturated carbocycles. The Bertz CT molecular complexity index is 3810. The zero-order valence-corrected chi connectivity index (χ0v) is 44.5. The van der Waals surface area contributed by atoms with Gasteiger partial charge in [0.15, 0.2) is 0 Å². The number of nitrogens with zero attached hydrogens (tertiary/aromatic N) is 4. The summed E-state index contributed by atoms with van der Waals surface area (Å²) in [6.07, 6.45) is 1.93. The predicted octanol–water partition coefficient (Wildman–Crippen LogP) is 17.8. The molecule has 11 aromatic rings. The summed E-state index contributed by atoms with van der Waals surface area (Å²) in [6, 6.07) is 60.0. The minimum atomic E-state index is -0.0532. The van der Waals surface area contributed by atoms with Gasteiger partial charge < -0.3 is 19.1 Å². The number of ether oxygens (including phenoxy) is 1. The van der Waals surface area contributed by atoms with Gasteiger partial charge in [-0.15, -0.1) is 59.4 Å². The molecule has 0 aliphatic carbocycles. The monoisotopic (exact) mass is 1120 g/mol. The first-order valence-corrected chi connectivity index (χ1v) is 24.9. The molecule has 0 fully saturated rings. The third-order valence-electron chi connectivity index (χ3n) is 14.0.